The molecular weight excluding hydrogens is 287 g/mol. The van der Waals surface area contributed by atoms with Crippen molar-refractivity contribution < 1.29 is 4.39 Å². The molecule has 1 fully saturated rings. The lowest BCUT2D eigenvalue weighted by molar-refractivity contribution is 0.631. The summed E-state index contributed by atoms with van der Waals surface area (Å²) in [4.78, 5) is 7.92. The third kappa shape index (κ3) is 2.91. The van der Waals surface area contributed by atoms with Gasteiger partial charge in [0.25, 0.3) is 0 Å². The molecule has 0 bridgehead atoms. The van der Waals surface area contributed by atoms with Gasteiger partial charge < -0.3 is 4.98 Å². The molecule has 116 valence electrons. The smallest absolute Gasteiger partial charge is 0.131 e. The molecule has 3 aromatic rings. The van der Waals surface area contributed by atoms with Crippen molar-refractivity contribution in [2.45, 2.75) is 25.7 Å². The van der Waals surface area contributed by atoms with Gasteiger partial charge in [-0.15, -0.1) is 0 Å². The Morgan fingerprint density at radius 1 is 1.09 bits per heavy atom. The topological polar surface area (TPSA) is 28.7 Å². The highest BCUT2D eigenvalue weighted by Gasteiger charge is 2.12. The van der Waals surface area contributed by atoms with Crippen LogP contribution in [0.4, 0.5) is 4.39 Å². The van der Waals surface area contributed by atoms with Gasteiger partial charge in [0.15, 0.2) is 0 Å². The standard InChI is InChI=1S/C20H19FN2/c21-17-8-4-3-7-16(17)15-10-11-18-19(13-15)23-20(22-18)12-9-14-5-1-2-6-14/h3-4,7-14H,1-2,5-6H2,(H,22,23)/b12-9+. The molecule has 2 aromatic carbocycles. The van der Waals surface area contributed by atoms with Crippen LogP contribution in [0, 0.1) is 11.7 Å². The number of imidazole rings is 1. The van der Waals surface area contributed by atoms with Crippen LogP contribution in [-0.4, -0.2) is 9.97 Å². The molecule has 2 nitrogen and oxygen atoms in total. The van der Waals surface area contributed by atoms with E-state index < -0.39 is 0 Å². The average Bonchev–Trinajstić information content (AvgIpc) is 3.21. The van der Waals surface area contributed by atoms with Crippen LogP contribution in [-0.2, 0) is 0 Å². The van der Waals surface area contributed by atoms with E-state index in [9.17, 15) is 4.39 Å². The van der Waals surface area contributed by atoms with Gasteiger partial charge in [0, 0.05) is 5.56 Å². The molecule has 1 saturated carbocycles. The first-order valence-corrected chi connectivity index (χ1v) is 8.22. The molecule has 0 atom stereocenters. The van der Waals surface area contributed by atoms with Crippen LogP contribution < -0.4 is 0 Å². The summed E-state index contributed by atoms with van der Waals surface area (Å²) in [6.07, 6.45) is 9.59. The molecule has 1 N–H and O–H groups in total. The summed E-state index contributed by atoms with van der Waals surface area (Å²) in [7, 11) is 0. The van der Waals surface area contributed by atoms with Crippen LogP contribution in [0.3, 0.4) is 0 Å². The third-order valence-electron chi connectivity index (χ3n) is 4.61. The Balaban J connectivity index is 1.65. The fraction of sp³-hybridized carbons (Fsp3) is 0.250. The number of hydrogen-bond donors (Lipinski definition) is 1. The molecule has 0 saturated heterocycles. The van der Waals surface area contributed by atoms with E-state index in [2.05, 4.69) is 22.1 Å². The molecule has 1 heterocycles. The minimum absolute atomic E-state index is 0.201. The van der Waals surface area contributed by atoms with Crippen LogP contribution in [0.5, 0.6) is 0 Å². The molecule has 0 radical (unpaired) electrons. The highest BCUT2D eigenvalue weighted by atomic mass is 19.1. The van der Waals surface area contributed by atoms with Crippen molar-refractivity contribution in [1.82, 2.24) is 9.97 Å². The first kappa shape index (κ1) is 14.2. The van der Waals surface area contributed by atoms with E-state index >= 15 is 0 Å². The fourth-order valence-corrected chi connectivity index (χ4v) is 3.35. The van der Waals surface area contributed by atoms with Gasteiger partial charge >= 0.3 is 0 Å². The Kier molecular flexibility index (Phi) is 3.70. The summed E-state index contributed by atoms with van der Waals surface area (Å²) in [6.45, 7) is 0. The van der Waals surface area contributed by atoms with Crippen molar-refractivity contribution in [3.05, 3.63) is 60.2 Å². The van der Waals surface area contributed by atoms with Gasteiger partial charge in [0.05, 0.1) is 11.0 Å². The van der Waals surface area contributed by atoms with Gasteiger partial charge in [0.1, 0.15) is 11.6 Å². The number of hydrogen-bond acceptors (Lipinski definition) is 1. The zero-order valence-electron chi connectivity index (χ0n) is 12.9. The zero-order chi connectivity index (χ0) is 15.6. The van der Waals surface area contributed by atoms with E-state index in [0.29, 0.717) is 11.5 Å². The lowest BCUT2D eigenvalue weighted by atomic mass is 10.0. The first-order valence-electron chi connectivity index (χ1n) is 8.22. The Hall–Kier alpha value is -2.42. The second-order valence-corrected chi connectivity index (χ2v) is 6.24. The highest BCUT2D eigenvalue weighted by molar-refractivity contribution is 5.83. The van der Waals surface area contributed by atoms with Crippen molar-refractivity contribution in [3.8, 4) is 11.1 Å². The van der Waals surface area contributed by atoms with E-state index in [0.717, 1.165) is 22.4 Å². The van der Waals surface area contributed by atoms with Crippen LogP contribution in [0.15, 0.2) is 48.5 Å². The lowest BCUT2D eigenvalue weighted by Crippen LogP contribution is -1.85. The Labute approximate surface area is 135 Å². The number of aromatic amines is 1. The molecule has 0 spiro atoms. The predicted octanol–water partition coefficient (Wildman–Crippen LogP) is 5.57. The van der Waals surface area contributed by atoms with Crippen LogP contribution >= 0.6 is 0 Å². The van der Waals surface area contributed by atoms with E-state index in [1.54, 1.807) is 12.1 Å². The molecule has 0 aliphatic heterocycles. The fourth-order valence-electron chi connectivity index (χ4n) is 3.35. The van der Waals surface area contributed by atoms with Crippen LogP contribution in [0.2, 0.25) is 0 Å². The molecule has 1 aliphatic rings. The number of nitrogens with one attached hydrogen (secondary N) is 1. The molecule has 0 amide bonds. The first-order chi connectivity index (χ1) is 11.3. The third-order valence-corrected chi connectivity index (χ3v) is 4.61. The summed E-state index contributed by atoms with van der Waals surface area (Å²) in [5, 5.41) is 0. The number of benzene rings is 2. The van der Waals surface area contributed by atoms with Gasteiger partial charge in [0.2, 0.25) is 0 Å². The van der Waals surface area contributed by atoms with E-state index in [-0.39, 0.29) is 5.82 Å². The summed E-state index contributed by atoms with van der Waals surface area (Å²) in [6, 6.07) is 12.7. The van der Waals surface area contributed by atoms with Gasteiger partial charge in [-0.3, -0.25) is 0 Å². The zero-order valence-corrected chi connectivity index (χ0v) is 12.9. The van der Waals surface area contributed by atoms with Crippen molar-refractivity contribution >= 4 is 17.1 Å². The van der Waals surface area contributed by atoms with Gasteiger partial charge in [-0.05, 0) is 48.6 Å². The van der Waals surface area contributed by atoms with Gasteiger partial charge in [-0.2, -0.15) is 0 Å². The number of nitrogens with zero attached hydrogens (tertiary/aromatic N) is 1. The maximum Gasteiger partial charge on any atom is 0.131 e. The highest BCUT2D eigenvalue weighted by Crippen LogP contribution is 2.28. The maximum absolute atomic E-state index is 13.9. The monoisotopic (exact) mass is 306 g/mol. The van der Waals surface area contributed by atoms with E-state index in [1.807, 2.05) is 24.3 Å². The van der Waals surface area contributed by atoms with Gasteiger partial charge in [-0.1, -0.05) is 43.2 Å². The molecule has 3 heteroatoms. The number of fused-ring (bicyclic) bond motifs is 1. The Morgan fingerprint density at radius 3 is 2.74 bits per heavy atom. The van der Waals surface area contributed by atoms with Crippen LogP contribution in [0.1, 0.15) is 31.5 Å². The van der Waals surface area contributed by atoms with E-state index in [1.165, 1.54) is 31.7 Å². The largest absolute Gasteiger partial charge is 0.338 e. The molecule has 0 unspecified atom stereocenters. The second-order valence-electron chi connectivity index (χ2n) is 6.24. The van der Waals surface area contributed by atoms with Gasteiger partial charge in [-0.25, -0.2) is 9.37 Å². The summed E-state index contributed by atoms with van der Waals surface area (Å²) in [5.74, 6) is 1.36. The summed E-state index contributed by atoms with van der Waals surface area (Å²) < 4.78 is 13.9. The lowest BCUT2D eigenvalue weighted by Gasteiger charge is -2.02. The Bertz CT molecular complexity index is 857. The molecule has 1 aromatic heterocycles. The number of aromatic nitrogens is 2. The number of H-pyrrole nitrogens is 1. The SMILES string of the molecule is Fc1ccccc1-c1ccc2nc(/C=C/C3CCCC3)[nH]c2c1. The maximum atomic E-state index is 13.9. The quantitative estimate of drug-likeness (QED) is 0.673. The number of halogens is 1. The number of rotatable bonds is 3. The van der Waals surface area contributed by atoms with E-state index in [4.69, 9.17) is 0 Å². The van der Waals surface area contributed by atoms with Crippen molar-refractivity contribution in [2.75, 3.05) is 0 Å². The predicted molar refractivity (Wildman–Crippen MR) is 92.5 cm³/mol. The molecule has 4 rings (SSSR count). The number of allylic oxidation sites excluding steroid dienone is 1. The molecule has 1 aliphatic carbocycles. The summed E-state index contributed by atoms with van der Waals surface area (Å²) >= 11 is 0. The minimum atomic E-state index is -0.201. The van der Waals surface area contributed by atoms with Crippen molar-refractivity contribution in [3.63, 3.8) is 0 Å². The van der Waals surface area contributed by atoms with Crippen molar-refractivity contribution in [2.24, 2.45) is 5.92 Å². The summed E-state index contributed by atoms with van der Waals surface area (Å²) in [5.41, 5.74) is 3.34. The molecule has 23 heavy (non-hydrogen) atoms. The normalized spacial score (nSPS) is 15.9. The van der Waals surface area contributed by atoms with Crippen molar-refractivity contribution in [1.29, 1.82) is 0 Å². The second kappa shape index (κ2) is 5.99. The average molecular weight is 306 g/mol. The molecular formula is C20H19FN2. The Morgan fingerprint density at radius 2 is 1.91 bits per heavy atom. The minimum Gasteiger partial charge on any atom is -0.338 e. The van der Waals surface area contributed by atoms with Crippen LogP contribution in [0.25, 0.3) is 28.2 Å².